The summed E-state index contributed by atoms with van der Waals surface area (Å²) in [6.45, 7) is 9.99. The van der Waals surface area contributed by atoms with Gasteiger partial charge in [0, 0.05) is 25.7 Å². The van der Waals surface area contributed by atoms with Crippen molar-refractivity contribution in [2.45, 2.75) is 33.2 Å². The van der Waals surface area contributed by atoms with Crippen LogP contribution in [0.5, 0.6) is 0 Å². The lowest BCUT2D eigenvalue weighted by Gasteiger charge is -2.33. The highest BCUT2D eigenvalue weighted by Gasteiger charge is 2.22. The van der Waals surface area contributed by atoms with Gasteiger partial charge < -0.3 is 5.73 Å². The number of benzene rings is 1. The van der Waals surface area contributed by atoms with Gasteiger partial charge >= 0.3 is 0 Å². The van der Waals surface area contributed by atoms with E-state index in [1.54, 1.807) is 5.57 Å². The number of nitrogens with zero attached hydrogens (tertiary/aromatic N) is 1. The summed E-state index contributed by atoms with van der Waals surface area (Å²) in [7, 11) is 0. The quantitative estimate of drug-likeness (QED) is 0.842. The molecule has 0 fully saturated rings. The molecule has 1 aliphatic rings. The molecule has 0 radical (unpaired) electrons. The molecule has 2 heteroatoms. The molecule has 0 bridgehead atoms. The van der Waals surface area contributed by atoms with Gasteiger partial charge in [-0.2, -0.15) is 0 Å². The van der Waals surface area contributed by atoms with Crippen LogP contribution in [0.2, 0.25) is 0 Å². The molecule has 0 saturated heterocycles. The predicted octanol–water partition coefficient (Wildman–Crippen LogP) is 3.36. The molecule has 1 unspecified atom stereocenters. The SMILES string of the molecule is CC(C)(C)C1=CCN(CC(N)c2ccccc2)CC1. The topological polar surface area (TPSA) is 29.3 Å². The van der Waals surface area contributed by atoms with E-state index in [0.29, 0.717) is 5.41 Å². The Balaban J connectivity index is 1.91. The highest BCUT2D eigenvalue weighted by molar-refractivity contribution is 5.19. The van der Waals surface area contributed by atoms with Gasteiger partial charge in [0.1, 0.15) is 0 Å². The summed E-state index contributed by atoms with van der Waals surface area (Å²) in [6, 6.07) is 10.5. The van der Waals surface area contributed by atoms with Crippen LogP contribution in [0, 0.1) is 5.41 Å². The van der Waals surface area contributed by atoms with E-state index in [2.05, 4.69) is 56.0 Å². The Labute approximate surface area is 117 Å². The van der Waals surface area contributed by atoms with Gasteiger partial charge in [0.2, 0.25) is 0 Å². The van der Waals surface area contributed by atoms with Crippen LogP contribution in [-0.2, 0) is 0 Å². The molecule has 2 N–H and O–H groups in total. The number of nitrogens with two attached hydrogens (primary N) is 1. The molecule has 19 heavy (non-hydrogen) atoms. The van der Waals surface area contributed by atoms with E-state index in [4.69, 9.17) is 5.73 Å². The zero-order valence-corrected chi connectivity index (χ0v) is 12.4. The van der Waals surface area contributed by atoms with Crippen molar-refractivity contribution < 1.29 is 0 Å². The Morgan fingerprint density at radius 1 is 1.21 bits per heavy atom. The van der Waals surface area contributed by atoms with E-state index < -0.39 is 0 Å². The maximum Gasteiger partial charge on any atom is 0.0424 e. The van der Waals surface area contributed by atoms with Crippen LogP contribution in [0.4, 0.5) is 0 Å². The average molecular weight is 258 g/mol. The molecule has 1 atom stereocenters. The van der Waals surface area contributed by atoms with Crippen LogP contribution in [-0.4, -0.2) is 24.5 Å². The fourth-order valence-electron chi connectivity index (χ4n) is 2.64. The third-order valence-electron chi connectivity index (χ3n) is 3.94. The Morgan fingerprint density at radius 2 is 1.89 bits per heavy atom. The summed E-state index contributed by atoms with van der Waals surface area (Å²) in [6.07, 6.45) is 3.56. The van der Waals surface area contributed by atoms with Crippen molar-refractivity contribution in [3.63, 3.8) is 0 Å². The van der Waals surface area contributed by atoms with Crippen molar-refractivity contribution in [2.75, 3.05) is 19.6 Å². The van der Waals surface area contributed by atoms with Crippen molar-refractivity contribution in [1.29, 1.82) is 0 Å². The van der Waals surface area contributed by atoms with Gasteiger partial charge in [-0.1, -0.05) is 62.8 Å². The van der Waals surface area contributed by atoms with E-state index in [1.165, 1.54) is 12.0 Å². The van der Waals surface area contributed by atoms with Gasteiger partial charge in [-0.05, 0) is 17.4 Å². The van der Waals surface area contributed by atoms with E-state index in [-0.39, 0.29) is 6.04 Å². The first-order valence-electron chi connectivity index (χ1n) is 7.19. The molecule has 2 nitrogen and oxygen atoms in total. The molecule has 0 spiro atoms. The van der Waals surface area contributed by atoms with Crippen molar-refractivity contribution in [3.8, 4) is 0 Å². The second kappa shape index (κ2) is 5.89. The van der Waals surface area contributed by atoms with Crippen LogP contribution in [0.3, 0.4) is 0 Å². The van der Waals surface area contributed by atoms with Crippen molar-refractivity contribution in [3.05, 3.63) is 47.5 Å². The summed E-state index contributed by atoms with van der Waals surface area (Å²) < 4.78 is 0. The van der Waals surface area contributed by atoms with Gasteiger partial charge in [-0.15, -0.1) is 0 Å². The van der Waals surface area contributed by atoms with E-state index in [0.717, 1.165) is 19.6 Å². The van der Waals surface area contributed by atoms with Crippen molar-refractivity contribution >= 4 is 0 Å². The molecule has 1 heterocycles. The zero-order chi connectivity index (χ0) is 13.9. The Morgan fingerprint density at radius 3 is 2.42 bits per heavy atom. The van der Waals surface area contributed by atoms with Gasteiger partial charge in [-0.3, -0.25) is 4.90 Å². The molecule has 0 aromatic heterocycles. The lowest BCUT2D eigenvalue weighted by Crippen LogP contribution is -2.36. The molecule has 0 aliphatic carbocycles. The molecule has 2 rings (SSSR count). The van der Waals surface area contributed by atoms with E-state index >= 15 is 0 Å². The standard InChI is InChI=1S/C17H26N2/c1-17(2,3)15-9-11-19(12-10-15)13-16(18)14-7-5-4-6-8-14/h4-9,16H,10-13,18H2,1-3H3. The Bertz CT molecular complexity index is 428. The highest BCUT2D eigenvalue weighted by Crippen LogP contribution is 2.30. The maximum atomic E-state index is 6.28. The highest BCUT2D eigenvalue weighted by atomic mass is 15.1. The molecular weight excluding hydrogens is 232 g/mol. The normalized spacial score (nSPS) is 19.1. The zero-order valence-electron chi connectivity index (χ0n) is 12.4. The molecule has 1 aromatic carbocycles. The second-order valence-electron chi connectivity index (χ2n) is 6.51. The first-order valence-corrected chi connectivity index (χ1v) is 7.19. The van der Waals surface area contributed by atoms with E-state index in [9.17, 15) is 0 Å². The lowest BCUT2D eigenvalue weighted by atomic mass is 9.83. The average Bonchev–Trinajstić information content (AvgIpc) is 2.39. The fourth-order valence-corrected chi connectivity index (χ4v) is 2.64. The Hall–Kier alpha value is -1.12. The minimum absolute atomic E-state index is 0.116. The van der Waals surface area contributed by atoms with Crippen molar-refractivity contribution in [2.24, 2.45) is 11.1 Å². The third kappa shape index (κ3) is 3.92. The van der Waals surface area contributed by atoms with Gasteiger partial charge in [0.15, 0.2) is 0 Å². The summed E-state index contributed by atoms with van der Waals surface area (Å²) in [5.74, 6) is 0. The maximum absolute atomic E-state index is 6.28. The minimum atomic E-state index is 0.116. The number of rotatable bonds is 3. The summed E-state index contributed by atoms with van der Waals surface area (Å²) in [4.78, 5) is 2.45. The van der Waals surface area contributed by atoms with Gasteiger partial charge in [-0.25, -0.2) is 0 Å². The van der Waals surface area contributed by atoms with Gasteiger partial charge in [0.05, 0.1) is 0 Å². The molecular formula is C17H26N2. The first-order chi connectivity index (χ1) is 8.97. The molecule has 1 aliphatic heterocycles. The third-order valence-corrected chi connectivity index (χ3v) is 3.94. The summed E-state index contributed by atoms with van der Waals surface area (Å²) in [5.41, 5.74) is 9.41. The van der Waals surface area contributed by atoms with E-state index in [1.807, 2.05) is 6.07 Å². The van der Waals surface area contributed by atoms with Crippen LogP contribution >= 0.6 is 0 Å². The molecule has 104 valence electrons. The summed E-state index contributed by atoms with van der Waals surface area (Å²) >= 11 is 0. The predicted molar refractivity (Wildman–Crippen MR) is 82.0 cm³/mol. The monoisotopic (exact) mass is 258 g/mol. The summed E-state index contributed by atoms with van der Waals surface area (Å²) in [5, 5.41) is 0. The first kappa shape index (κ1) is 14.3. The van der Waals surface area contributed by atoms with Crippen LogP contribution in [0.1, 0.15) is 38.8 Å². The largest absolute Gasteiger partial charge is 0.323 e. The van der Waals surface area contributed by atoms with Gasteiger partial charge in [0.25, 0.3) is 0 Å². The molecule has 1 aromatic rings. The van der Waals surface area contributed by atoms with Crippen LogP contribution in [0.25, 0.3) is 0 Å². The number of hydrogen-bond acceptors (Lipinski definition) is 2. The lowest BCUT2D eigenvalue weighted by molar-refractivity contribution is 0.263. The second-order valence-corrected chi connectivity index (χ2v) is 6.51. The Kier molecular flexibility index (Phi) is 4.43. The van der Waals surface area contributed by atoms with Crippen LogP contribution < -0.4 is 5.73 Å². The fraction of sp³-hybridized carbons (Fsp3) is 0.529. The van der Waals surface area contributed by atoms with Crippen molar-refractivity contribution in [1.82, 2.24) is 4.90 Å². The number of hydrogen-bond donors (Lipinski definition) is 1. The smallest absolute Gasteiger partial charge is 0.0424 e. The molecule has 0 amide bonds. The van der Waals surface area contributed by atoms with Crippen LogP contribution in [0.15, 0.2) is 42.0 Å². The minimum Gasteiger partial charge on any atom is -0.323 e. The molecule has 0 saturated carbocycles.